The SMILES string of the molecule is CNCC(=O)N1CCN(c2ccc(S(C)(=O)=O)cc2[N+](=O)[O-])CC1.Cl. The number of piperazine rings is 1. The van der Waals surface area contributed by atoms with E-state index < -0.39 is 14.8 Å². The van der Waals surface area contributed by atoms with Crippen LogP contribution in [0.1, 0.15) is 0 Å². The summed E-state index contributed by atoms with van der Waals surface area (Å²) in [6.07, 6.45) is 1.01. The van der Waals surface area contributed by atoms with Gasteiger partial charge in [0, 0.05) is 38.5 Å². The second-order valence-electron chi connectivity index (χ2n) is 5.58. The minimum atomic E-state index is -3.52. The molecule has 140 valence electrons. The van der Waals surface area contributed by atoms with Crippen LogP contribution < -0.4 is 10.2 Å². The topological polar surface area (TPSA) is 113 Å². The Labute approximate surface area is 152 Å². The van der Waals surface area contributed by atoms with Gasteiger partial charge in [-0.25, -0.2) is 8.42 Å². The van der Waals surface area contributed by atoms with E-state index in [4.69, 9.17) is 0 Å². The van der Waals surface area contributed by atoms with Gasteiger partial charge in [-0.15, -0.1) is 12.4 Å². The average molecular weight is 393 g/mol. The lowest BCUT2D eigenvalue weighted by Gasteiger charge is -2.35. The van der Waals surface area contributed by atoms with Gasteiger partial charge in [-0.05, 0) is 19.2 Å². The molecule has 1 N–H and O–H groups in total. The molecule has 1 aromatic carbocycles. The van der Waals surface area contributed by atoms with Crippen LogP contribution in [-0.4, -0.2) is 70.2 Å². The molecule has 0 bridgehead atoms. The molecule has 0 aromatic heterocycles. The molecule has 1 fully saturated rings. The van der Waals surface area contributed by atoms with Crippen molar-refractivity contribution in [2.24, 2.45) is 0 Å². The lowest BCUT2D eigenvalue weighted by Crippen LogP contribution is -2.50. The van der Waals surface area contributed by atoms with Crippen LogP contribution in [0.4, 0.5) is 11.4 Å². The molecule has 0 saturated carbocycles. The van der Waals surface area contributed by atoms with Crippen molar-refractivity contribution >= 4 is 39.5 Å². The van der Waals surface area contributed by atoms with E-state index in [0.717, 1.165) is 12.3 Å². The van der Waals surface area contributed by atoms with Crippen molar-refractivity contribution in [3.63, 3.8) is 0 Å². The standard InChI is InChI=1S/C14H20N4O5S.ClH/c1-15-10-14(19)17-7-5-16(6-8-17)12-4-3-11(24(2,22)23)9-13(12)18(20)21;/h3-4,9,15H,5-8,10H2,1-2H3;1H. The van der Waals surface area contributed by atoms with Crippen LogP contribution in [0.3, 0.4) is 0 Å². The Hall–Kier alpha value is -1.91. The summed E-state index contributed by atoms with van der Waals surface area (Å²) < 4.78 is 23.2. The van der Waals surface area contributed by atoms with Gasteiger partial charge in [0.1, 0.15) is 5.69 Å². The van der Waals surface area contributed by atoms with Crippen LogP contribution in [0.2, 0.25) is 0 Å². The molecule has 9 nitrogen and oxygen atoms in total. The van der Waals surface area contributed by atoms with Gasteiger partial charge in [0.2, 0.25) is 5.91 Å². The largest absolute Gasteiger partial charge is 0.362 e. The summed E-state index contributed by atoms with van der Waals surface area (Å²) in [5, 5.41) is 14.1. The van der Waals surface area contributed by atoms with Gasteiger partial charge >= 0.3 is 0 Å². The number of nitrogens with zero attached hydrogens (tertiary/aromatic N) is 3. The molecule has 0 aliphatic carbocycles. The van der Waals surface area contributed by atoms with Crippen molar-refractivity contribution in [2.75, 3.05) is 50.9 Å². The minimum Gasteiger partial charge on any atom is -0.362 e. The number of halogens is 1. The molecule has 1 saturated heterocycles. The predicted molar refractivity (Wildman–Crippen MR) is 96.2 cm³/mol. The monoisotopic (exact) mass is 392 g/mol. The van der Waals surface area contributed by atoms with Crippen LogP contribution in [0, 0.1) is 10.1 Å². The maximum absolute atomic E-state index is 11.8. The molecule has 2 rings (SSSR count). The smallest absolute Gasteiger partial charge is 0.293 e. The van der Waals surface area contributed by atoms with Gasteiger partial charge in [0.25, 0.3) is 5.69 Å². The summed E-state index contributed by atoms with van der Waals surface area (Å²) in [6.45, 7) is 2.09. The molecule has 11 heteroatoms. The van der Waals surface area contributed by atoms with Crippen LogP contribution in [0.15, 0.2) is 23.1 Å². The molecular formula is C14H21ClN4O5S. The number of nitrogens with one attached hydrogen (secondary N) is 1. The number of nitro benzene ring substituents is 1. The molecule has 0 radical (unpaired) electrons. The van der Waals surface area contributed by atoms with Crippen molar-refractivity contribution in [1.29, 1.82) is 0 Å². The second kappa shape index (κ2) is 8.45. The molecule has 1 aromatic rings. The van der Waals surface area contributed by atoms with E-state index in [1.165, 1.54) is 12.1 Å². The Bertz CT molecular complexity index is 748. The lowest BCUT2D eigenvalue weighted by molar-refractivity contribution is -0.384. The third-order valence-corrected chi connectivity index (χ3v) is 4.98. The van der Waals surface area contributed by atoms with E-state index in [1.54, 1.807) is 16.8 Å². The van der Waals surface area contributed by atoms with Crippen molar-refractivity contribution < 1.29 is 18.1 Å². The summed E-state index contributed by atoms with van der Waals surface area (Å²) in [5.74, 6) is -0.0147. The van der Waals surface area contributed by atoms with Crippen LogP contribution >= 0.6 is 12.4 Å². The quantitative estimate of drug-likeness (QED) is 0.565. The molecule has 0 unspecified atom stereocenters. The van der Waals surface area contributed by atoms with Crippen LogP contribution in [-0.2, 0) is 14.6 Å². The number of hydrogen-bond donors (Lipinski definition) is 1. The first-order valence-electron chi connectivity index (χ1n) is 7.40. The van der Waals surface area contributed by atoms with Gasteiger partial charge in [-0.1, -0.05) is 0 Å². The van der Waals surface area contributed by atoms with Crippen molar-refractivity contribution in [3.05, 3.63) is 28.3 Å². The number of rotatable bonds is 5. The highest BCUT2D eigenvalue weighted by atomic mass is 35.5. The first-order chi connectivity index (χ1) is 11.2. The van der Waals surface area contributed by atoms with Crippen LogP contribution in [0.25, 0.3) is 0 Å². The molecule has 1 heterocycles. The first-order valence-corrected chi connectivity index (χ1v) is 9.29. The maximum Gasteiger partial charge on any atom is 0.293 e. The summed E-state index contributed by atoms with van der Waals surface area (Å²) >= 11 is 0. The van der Waals surface area contributed by atoms with Gasteiger partial charge < -0.3 is 15.1 Å². The first kappa shape index (κ1) is 21.1. The fourth-order valence-corrected chi connectivity index (χ4v) is 3.25. The fraction of sp³-hybridized carbons (Fsp3) is 0.500. The Morgan fingerprint density at radius 3 is 2.36 bits per heavy atom. The highest BCUT2D eigenvalue weighted by Gasteiger charge is 2.26. The molecule has 1 aliphatic heterocycles. The van der Waals surface area contributed by atoms with Gasteiger partial charge in [-0.3, -0.25) is 14.9 Å². The zero-order valence-electron chi connectivity index (χ0n) is 14.0. The number of carbonyl (C=O) groups is 1. The Morgan fingerprint density at radius 2 is 1.88 bits per heavy atom. The average Bonchev–Trinajstić information content (AvgIpc) is 2.53. The molecule has 1 amide bonds. The Balaban J connectivity index is 0.00000312. The van der Waals surface area contributed by atoms with Gasteiger partial charge in [0.05, 0.1) is 16.4 Å². The molecular weight excluding hydrogens is 372 g/mol. The highest BCUT2D eigenvalue weighted by molar-refractivity contribution is 7.90. The number of nitro groups is 1. The van der Waals surface area contributed by atoms with Crippen LogP contribution in [0.5, 0.6) is 0 Å². The number of anilines is 1. The van der Waals surface area contributed by atoms with Crippen molar-refractivity contribution in [3.8, 4) is 0 Å². The van der Waals surface area contributed by atoms with E-state index in [-0.39, 0.29) is 35.4 Å². The zero-order valence-corrected chi connectivity index (χ0v) is 15.6. The number of likely N-dealkylation sites (N-methyl/N-ethyl adjacent to an activating group) is 1. The zero-order chi connectivity index (χ0) is 17.9. The normalized spacial score (nSPS) is 14.8. The number of hydrogen-bond acceptors (Lipinski definition) is 7. The number of sulfone groups is 1. The highest BCUT2D eigenvalue weighted by Crippen LogP contribution is 2.31. The van der Waals surface area contributed by atoms with E-state index in [9.17, 15) is 23.3 Å². The maximum atomic E-state index is 11.8. The fourth-order valence-electron chi connectivity index (χ4n) is 2.61. The molecule has 1 aliphatic rings. The Morgan fingerprint density at radius 1 is 1.28 bits per heavy atom. The third kappa shape index (κ3) is 5.03. The lowest BCUT2D eigenvalue weighted by atomic mass is 10.2. The van der Waals surface area contributed by atoms with Crippen molar-refractivity contribution in [2.45, 2.75) is 4.90 Å². The van der Waals surface area contributed by atoms with E-state index in [1.807, 2.05) is 0 Å². The summed E-state index contributed by atoms with van der Waals surface area (Å²) in [7, 11) is -1.82. The van der Waals surface area contributed by atoms with E-state index in [2.05, 4.69) is 5.32 Å². The molecule has 0 atom stereocenters. The third-order valence-electron chi connectivity index (χ3n) is 3.87. The van der Waals surface area contributed by atoms with Gasteiger partial charge in [-0.2, -0.15) is 0 Å². The van der Waals surface area contributed by atoms with Gasteiger partial charge in [0.15, 0.2) is 9.84 Å². The number of benzene rings is 1. The second-order valence-corrected chi connectivity index (χ2v) is 7.59. The summed E-state index contributed by atoms with van der Waals surface area (Å²) in [5.41, 5.74) is 0.126. The minimum absolute atomic E-state index is 0. The predicted octanol–water partition coefficient (Wildman–Crippen LogP) is 0.288. The Kier molecular flexibility index (Phi) is 7.15. The van der Waals surface area contributed by atoms with Crippen molar-refractivity contribution in [1.82, 2.24) is 10.2 Å². The molecule has 25 heavy (non-hydrogen) atoms. The van der Waals surface area contributed by atoms with E-state index in [0.29, 0.717) is 31.9 Å². The number of carbonyl (C=O) groups excluding carboxylic acids is 1. The number of amides is 1. The summed E-state index contributed by atoms with van der Waals surface area (Å²) in [4.78, 5) is 26.0. The molecule has 0 spiro atoms. The summed E-state index contributed by atoms with van der Waals surface area (Å²) in [6, 6.07) is 3.92. The van der Waals surface area contributed by atoms with E-state index >= 15 is 0 Å².